The molecule has 2 aliphatic rings. The number of carbonyl (C=O) groups excluding carboxylic acids is 1. The fourth-order valence-corrected chi connectivity index (χ4v) is 5.34. The lowest BCUT2D eigenvalue weighted by molar-refractivity contribution is -0.120. The number of carbonyl (C=O) groups is 2. The minimum absolute atomic E-state index is 0.0138. The number of nitrogens with zero attached hydrogens (tertiary/aromatic N) is 2. The average molecular weight is 488 g/mol. The maximum absolute atomic E-state index is 13.3. The number of fused-ring (bicyclic) bond motifs is 1. The number of hydrogen-bond donors (Lipinski definition) is 2. The first-order valence-electron chi connectivity index (χ1n) is 11.3. The summed E-state index contributed by atoms with van der Waals surface area (Å²) >= 11 is 0. The van der Waals surface area contributed by atoms with Gasteiger partial charge in [-0.15, -0.1) is 0 Å². The second kappa shape index (κ2) is 9.73. The molecule has 0 aliphatic carbocycles. The van der Waals surface area contributed by atoms with Crippen LogP contribution in [0.2, 0.25) is 0 Å². The third kappa shape index (κ3) is 4.79. The fraction of sp³-hybridized carbons (Fsp3) is 0.417. The Morgan fingerprint density at radius 2 is 1.71 bits per heavy atom. The molecule has 10 heteroatoms. The molecule has 0 saturated carbocycles. The second-order valence-electron chi connectivity index (χ2n) is 8.70. The van der Waals surface area contributed by atoms with Crippen LogP contribution in [0.25, 0.3) is 11.1 Å². The standard InChI is InChI=1S/C24H29N3O6S/c1-16-15-26(24(29)30)22-14-19(18-3-6-20(7-4-18)34(31,32)25-2)5-8-21(22)27(16)23(28)13-17-9-11-33-12-10-17/h3-8,14,16-17,25H,9-13,15H2,1-2H3,(H,29,30)/t16-/m0/s1. The van der Waals surface area contributed by atoms with E-state index in [2.05, 4.69) is 4.72 Å². The number of hydrogen-bond acceptors (Lipinski definition) is 5. The molecular weight excluding hydrogens is 458 g/mol. The highest BCUT2D eigenvalue weighted by molar-refractivity contribution is 7.89. The van der Waals surface area contributed by atoms with Crippen molar-refractivity contribution in [2.45, 2.75) is 37.1 Å². The minimum atomic E-state index is -3.55. The highest BCUT2D eigenvalue weighted by atomic mass is 32.2. The zero-order chi connectivity index (χ0) is 24.5. The van der Waals surface area contributed by atoms with Gasteiger partial charge in [0.15, 0.2) is 0 Å². The van der Waals surface area contributed by atoms with E-state index in [4.69, 9.17) is 4.74 Å². The van der Waals surface area contributed by atoms with Crippen molar-refractivity contribution in [3.05, 3.63) is 42.5 Å². The van der Waals surface area contributed by atoms with Gasteiger partial charge in [-0.2, -0.15) is 0 Å². The molecule has 2 heterocycles. The number of rotatable bonds is 5. The molecule has 0 unspecified atom stereocenters. The number of carboxylic acid groups (broad SMARTS) is 1. The molecule has 1 atom stereocenters. The van der Waals surface area contributed by atoms with E-state index in [0.717, 1.165) is 24.0 Å². The predicted molar refractivity (Wildman–Crippen MR) is 129 cm³/mol. The van der Waals surface area contributed by atoms with Crippen molar-refractivity contribution in [3.8, 4) is 11.1 Å². The van der Waals surface area contributed by atoms with E-state index in [9.17, 15) is 23.1 Å². The molecule has 4 rings (SSSR count). The molecule has 0 aromatic heterocycles. The number of sulfonamides is 1. The van der Waals surface area contributed by atoms with Gasteiger partial charge in [0.25, 0.3) is 0 Å². The number of ether oxygens (including phenoxy) is 1. The van der Waals surface area contributed by atoms with E-state index >= 15 is 0 Å². The van der Waals surface area contributed by atoms with Crippen LogP contribution in [0.15, 0.2) is 47.4 Å². The van der Waals surface area contributed by atoms with E-state index in [1.54, 1.807) is 29.2 Å². The Bertz CT molecular complexity index is 1180. The van der Waals surface area contributed by atoms with Crippen LogP contribution in [0.4, 0.5) is 16.2 Å². The van der Waals surface area contributed by atoms with Crippen LogP contribution in [0.5, 0.6) is 0 Å². The van der Waals surface area contributed by atoms with Gasteiger partial charge < -0.3 is 14.7 Å². The topological polar surface area (TPSA) is 116 Å². The van der Waals surface area contributed by atoms with Crippen molar-refractivity contribution < 1.29 is 27.9 Å². The second-order valence-corrected chi connectivity index (χ2v) is 10.6. The lowest BCUT2D eigenvalue weighted by Gasteiger charge is -2.41. The Kier molecular flexibility index (Phi) is 6.92. The Balaban J connectivity index is 1.68. The van der Waals surface area contributed by atoms with Crippen molar-refractivity contribution in [2.24, 2.45) is 5.92 Å². The number of benzene rings is 2. The summed E-state index contributed by atoms with van der Waals surface area (Å²) in [5.41, 5.74) is 2.47. The summed E-state index contributed by atoms with van der Waals surface area (Å²) in [5, 5.41) is 9.84. The third-order valence-corrected chi connectivity index (χ3v) is 7.91. The summed E-state index contributed by atoms with van der Waals surface area (Å²) < 4.78 is 31.7. The summed E-state index contributed by atoms with van der Waals surface area (Å²) in [4.78, 5) is 28.4. The van der Waals surface area contributed by atoms with E-state index in [1.807, 2.05) is 13.0 Å². The zero-order valence-electron chi connectivity index (χ0n) is 19.2. The summed E-state index contributed by atoms with van der Waals surface area (Å²) in [7, 11) is -2.20. The van der Waals surface area contributed by atoms with Gasteiger partial charge in [-0.3, -0.25) is 9.69 Å². The Morgan fingerprint density at radius 3 is 2.32 bits per heavy atom. The molecule has 9 nitrogen and oxygen atoms in total. The molecule has 0 bridgehead atoms. The van der Waals surface area contributed by atoms with Gasteiger partial charge in [0.2, 0.25) is 15.9 Å². The van der Waals surface area contributed by atoms with E-state index in [1.165, 1.54) is 24.1 Å². The molecule has 182 valence electrons. The molecule has 2 aromatic carbocycles. The molecule has 2 amide bonds. The van der Waals surface area contributed by atoms with E-state index < -0.39 is 16.1 Å². The van der Waals surface area contributed by atoms with Crippen LogP contribution in [-0.2, 0) is 19.6 Å². The first kappa shape index (κ1) is 24.2. The first-order chi connectivity index (χ1) is 16.2. The van der Waals surface area contributed by atoms with Crippen LogP contribution in [0.1, 0.15) is 26.2 Å². The number of amides is 2. The van der Waals surface area contributed by atoms with Gasteiger partial charge in [-0.25, -0.2) is 17.9 Å². The molecule has 2 aliphatic heterocycles. The van der Waals surface area contributed by atoms with Crippen LogP contribution in [-0.4, -0.2) is 58.4 Å². The van der Waals surface area contributed by atoms with Gasteiger partial charge in [0, 0.05) is 26.2 Å². The molecule has 1 fully saturated rings. The van der Waals surface area contributed by atoms with E-state index in [-0.39, 0.29) is 29.3 Å². The lowest BCUT2D eigenvalue weighted by atomic mass is 9.94. The molecule has 2 aromatic rings. The summed E-state index contributed by atoms with van der Waals surface area (Å²) in [5.74, 6) is 0.251. The number of anilines is 2. The fourth-order valence-electron chi connectivity index (χ4n) is 4.61. The Hall–Kier alpha value is -2.95. The van der Waals surface area contributed by atoms with Crippen molar-refractivity contribution in [3.63, 3.8) is 0 Å². The predicted octanol–water partition coefficient (Wildman–Crippen LogP) is 3.30. The van der Waals surface area contributed by atoms with Gasteiger partial charge in [0.1, 0.15) is 0 Å². The van der Waals surface area contributed by atoms with Gasteiger partial charge in [-0.1, -0.05) is 18.2 Å². The molecule has 1 saturated heterocycles. The molecule has 2 N–H and O–H groups in total. The van der Waals surface area contributed by atoms with Crippen molar-refractivity contribution in [1.29, 1.82) is 0 Å². The highest BCUT2D eigenvalue weighted by Gasteiger charge is 2.36. The number of nitrogens with one attached hydrogen (secondary N) is 1. The maximum atomic E-state index is 13.3. The SMILES string of the molecule is CNS(=O)(=O)c1ccc(-c2ccc3c(c2)N(C(=O)O)C[C@H](C)N3C(=O)CC2CCOCC2)cc1. The monoisotopic (exact) mass is 487 g/mol. The summed E-state index contributed by atoms with van der Waals surface area (Å²) in [6.07, 6.45) is 1.02. The maximum Gasteiger partial charge on any atom is 0.411 e. The minimum Gasteiger partial charge on any atom is -0.465 e. The van der Waals surface area contributed by atoms with Crippen LogP contribution >= 0.6 is 0 Å². The van der Waals surface area contributed by atoms with Crippen molar-refractivity contribution in [2.75, 3.05) is 36.6 Å². The highest BCUT2D eigenvalue weighted by Crippen LogP contribution is 2.40. The van der Waals surface area contributed by atoms with E-state index in [0.29, 0.717) is 31.0 Å². The Labute approximate surface area is 199 Å². The Morgan fingerprint density at radius 1 is 1.06 bits per heavy atom. The molecule has 0 radical (unpaired) electrons. The van der Waals surface area contributed by atoms with Crippen LogP contribution in [0.3, 0.4) is 0 Å². The van der Waals surface area contributed by atoms with Crippen LogP contribution < -0.4 is 14.5 Å². The first-order valence-corrected chi connectivity index (χ1v) is 12.8. The normalized spacial score (nSPS) is 19.1. The van der Waals surface area contributed by atoms with Crippen molar-refractivity contribution in [1.82, 2.24) is 4.72 Å². The molecule has 34 heavy (non-hydrogen) atoms. The zero-order valence-corrected chi connectivity index (χ0v) is 20.0. The summed E-state index contributed by atoms with van der Waals surface area (Å²) in [6, 6.07) is 11.4. The van der Waals surface area contributed by atoms with Gasteiger partial charge in [0.05, 0.1) is 22.3 Å². The third-order valence-electron chi connectivity index (χ3n) is 6.48. The van der Waals surface area contributed by atoms with Gasteiger partial charge >= 0.3 is 6.09 Å². The van der Waals surface area contributed by atoms with Crippen LogP contribution in [0, 0.1) is 5.92 Å². The summed E-state index contributed by atoms with van der Waals surface area (Å²) in [6.45, 7) is 3.35. The van der Waals surface area contributed by atoms with Gasteiger partial charge in [-0.05, 0) is 68.1 Å². The smallest absolute Gasteiger partial charge is 0.411 e. The lowest BCUT2D eigenvalue weighted by Crippen LogP contribution is -2.52. The quantitative estimate of drug-likeness (QED) is 0.669. The largest absolute Gasteiger partial charge is 0.465 e. The molecule has 0 spiro atoms. The van der Waals surface area contributed by atoms with Crippen molar-refractivity contribution >= 4 is 33.4 Å². The average Bonchev–Trinajstić information content (AvgIpc) is 2.83. The molecular formula is C24H29N3O6S.